The predicted molar refractivity (Wildman–Crippen MR) is 67.7 cm³/mol. The number of hydrogen-bond acceptors (Lipinski definition) is 2. The number of rotatable bonds is 4. The first-order valence-corrected chi connectivity index (χ1v) is 6.02. The van der Waals surface area contributed by atoms with Crippen molar-refractivity contribution in [1.29, 1.82) is 0 Å². The molecular weight excluding hydrogens is 269 g/mol. The van der Waals surface area contributed by atoms with E-state index in [0.29, 0.717) is 0 Å². The molecule has 0 heterocycles. The van der Waals surface area contributed by atoms with E-state index in [2.05, 4.69) is 0 Å². The molecule has 0 unspecified atom stereocenters. The van der Waals surface area contributed by atoms with Crippen molar-refractivity contribution in [2.24, 2.45) is 0 Å². The SMILES string of the molecule is C[C@@H](O)c1cc(F)ccc1OCc1c(F)cccc1F. The summed E-state index contributed by atoms with van der Waals surface area (Å²) in [6, 6.07) is 7.10. The maximum atomic E-state index is 13.4. The third-order valence-electron chi connectivity index (χ3n) is 2.86. The molecule has 2 nitrogen and oxygen atoms in total. The van der Waals surface area contributed by atoms with Gasteiger partial charge in [-0.1, -0.05) is 6.07 Å². The van der Waals surface area contributed by atoms with E-state index in [0.717, 1.165) is 24.3 Å². The monoisotopic (exact) mass is 282 g/mol. The van der Waals surface area contributed by atoms with Crippen LogP contribution in [0.1, 0.15) is 24.2 Å². The van der Waals surface area contributed by atoms with Crippen LogP contribution in [0, 0.1) is 17.5 Å². The third kappa shape index (κ3) is 3.11. The molecule has 5 heteroatoms. The molecule has 0 saturated carbocycles. The lowest BCUT2D eigenvalue weighted by molar-refractivity contribution is 0.189. The minimum absolute atomic E-state index is 0.184. The molecule has 1 atom stereocenters. The number of aliphatic hydroxyl groups is 1. The summed E-state index contributed by atoms with van der Waals surface area (Å²) in [7, 11) is 0. The fraction of sp³-hybridized carbons (Fsp3) is 0.200. The molecule has 2 rings (SSSR count). The highest BCUT2D eigenvalue weighted by atomic mass is 19.1. The van der Waals surface area contributed by atoms with Crippen LogP contribution in [0.5, 0.6) is 5.75 Å². The van der Waals surface area contributed by atoms with E-state index in [4.69, 9.17) is 4.74 Å². The molecule has 0 aliphatic rings. The summed E-state index contributed by atoms with van der Waals surface area (Å²) in [5.74, 6) is -1.77. The maximum Gasteiger partial charge on any atom is 0.132 e. The Morgan fingerprint density at radius 3 is 2.35 bits per heavy atom. The number of ether oxygens (including phenoxy) is 1. The molecular formula is C15H13F3O2. The van der Waals surface area contributed by atoms with Crippen LogP contribution in [-0.2, 0) is 6.61 Å². The predicted octanol–water partition coefficient (Wildman–Crippen LogP) is 3.74. The molecule has 0 bridgehead atoms. The molecule has 1 N–H and O–H groups in total. The lowest BCUT2D eigenvalue weighted by atomic mass is 10.1. The second kappa shape index (κ2) is 5.96. The first-order valence-electron chi connectivity index (χ1n) is 6.02. The van der Waals surface area contributed by atoms with Gasteiger partial charge < -0.3 is 9.84 Å². The van der Waals surface area contributed by atoms with Crippen LogP contribution in [0.15, 0.2) is 36.4 Å². The molecule has 0 aliphatic heterocycles. The van der Waals surface area contributed by atoms with E-state index >= 15 is 0 Å². The third-order valence-corrected chi connectivity index (χ3v) is 2.86. The summed E-state index contributed by atoms with van der Waals surface area (Å²) in [6.45, 7) is 1.11. The number of aliphatic hydroxyl groups excluding tert-OH is 1. The normalized spacial score (nSPS) is 12.2. The van der Waals surface area contributed by atoms with Crippen molar-refractivity contribution in [1.82, 2.24) is 0 Å². The number of benzene rings is 2. The highest BCUT2D eigenvalue weighted by Crippen LogP contribution is 2.27. The molecule has 0 aliphatic carbocycles. The topological polar surface area (TPSA) is 29.5 Å². The van der Waals surface area contributed by atoms with Crippen molar-refractivity contribution >= 4 is 0 Å². The number of hydrogen-bond donors (Lipinski definition) is 1. The van der Waals surface area contributed by atoms with Gasteiger partial charge in [-0.3, -0.25) is 0 Å². The van der Waals surface area contributed by atoms with E-state index in [1.165, 1.54) is 19.1 Å². The zero-order valence-corrected chi connectivity index (χ0v) is 10.7. The van der Waals surface area contributed by atoms with Gasteiger partial charge in [-0.15, -0.1) is 0 Å². The minimum Gasteiger partial charge on any atom is -0.488 e. The molecule has 0 fully saturated rings. The van der Waals surface area contributed by atoms with Gasteiger partial charge in [-0.05, 0) is 37.3 Å². The molecule has 0 saturated heterocycles. The first-order chi connectivity index (χ1) is 9.49. The Kier molecular flexibility index (Phi) is 4.29. The van der Waals surface area contributed by atoms with Crippen LogP contribution in [-0.4, -0.2) is 5.11 Å². The average molecular weight is 282 g/mol. The van der Waals surface area contributed by atoms with Crippen LogP contribution in [0.4, 0.5) is 13.2 Å². The standard InChI is InChI=1S/C15H13F3O2/c1-9(19)11-7-10(16)5-6-15(11)20-8-12-13(17)3-2-4-14(12)18/h2-7,9,19H,8H2,1H3/t9-/m1/s1. The minimum atomic E-state index is -0.953. The largest absolute Gasteiger partial charge is 0.488 e. The van der Waals surface area contributed by atoms with Crippen molar-refractivity contribution in [3.05, 3.63) is 65.0 Å². The highest BCUT2D eigenvalue weighted by Gasteiger charge is 2.13. The van der Waals surface area contributed by atoms with Gasteiger partial charge in [0.25, 0.3) is 0 Å². The van der Waals surface area contributed by atoms with Crippen LogP contribution in [0.25, 0.3) is 0 Å². The molecule has 106 valence electrons. The lowest BCUT2D eigenvalue weighted by Crippen LogP contribution is -2.05. The Balaban J connectivity index is 2.23. The second-order valence-corrected chi connectivity index (χ2v) is 4.35. The summed E-state index contributed by atoms with van der Waals surface area (Å²) in [5, 5.41) is 9.54. The molecule has 0 aromatic heterocycles. The Morgan fingerprint density at radius 1 is 1.10 bits per heavy atom. The fourth-order valence-electron chi connectivity index (χ4n) is 1.80. The zero-order chi connectivity index (χ0) is 14.7. The van der Waals surface area contributed by atoms with Gasteiger partial charge in [0, 0.05) is 5.56 Å². The first kappa shape index (κ1) is 14.4. The molecule has 0 amide bonds. The van der Waals surface area contributed by atoms with Crippen LogP contribution >= 0.6 is 0 Å². The molecule has 0 radical (unpaired) electrons. The van der Waals surface area contributed by atoms with E-state index in [9.17, 15) is 18.3 Å². The average Bonchev–Trinajstić information content (AvgIpc) is 2.39. The van der Waals surface area contributed by atoms with Crippen LogP contribution in [0.2, 0.25) is 0 Å². The van der Waals surface area contributed by atoms with Crippen molar-refractivity contribution in [2.45, 2.75) is 19.6 Å². The number of halogens is 3. The smallest absolute Gasteiger partial charge is 0.132 e. The van der Waals surface area contributed by atoms with Gasteiger partial charge in [0.1, 0.15) is 29.8 Å². The molecule has 2 aromatic rings. The van der Waals surface area contributed by atoms with E-state index < -0.39 is 23.6 Å². The van der Waals surface area contributed by atoms with Crippen molar-refractivity contribution in [3.63, 3.8) is 0 Å². The van der Waals surface area contributed by atoms with Gasteiger partial charge in [0.05, 0.1) is 11.7 Å². The Bertz CT molecular complexity index is 592. The second-order valence-electron chi connectivity index (χ2n) is 4.35. The zero-order valence-electron chi connectivity index (χ0n) is 10.7. The fourth-order valence-corrected chi connectivity index (χ4v) is 1.80. The van der Waals surface area contributed by atoms with Gasteiger partial charge >= 0.3 is 0 Å². The van der Waals surface area contributed by atoms with Gasteiger partial charge in [0.15, 0.2) is 0 Å². The molecule has 2 aromatic carbocycles. The summed E-state index contributed by atoms with van der Waals surface area (Å²) >= 11 is 0. The highest BCUT2D eigenvalue weighted by molar-refractivity contribution is 5.35. The summed E-state index contributed by atoms with van der Waals surface area (Å²) in [4.78, 5) is 0. The van der Waals surface area contributed by atoms with Crippen LogP contribution < -0.4 is 4.74 Å². The van der Waals surface area contributed by atoms with E-state index in [1.54, 1.807) is 0 Å². The quantitative estimate of drug-likeness (QED) is 0.925. The lowest BCUT2D eigenvalue weighted by Gasteiger charge is -2.14. The summed E-state index contributed by atoms with van der Waals surface area (Å²) < 4.78 is 45.3. The summed E-state index contributed by atoms with van der Waals surface area (Å²) in [6.07, 6.45) is -0.953. The van der Waals surface area contributed by atoms with Crippen molar-refractivity contribution in [2.75, 3.05) is 0 Å². The molecule has 20 heavy (non-hydrogen) atoms. The Hall–Kier alpha value is -2.01. The maximum absolute atomic E-state index is 13.4. The van der Waals surface area contributed by atoms with Gasteiger partial charge in [-0.2, -0.15) is 0 Å². The summed E-state index contributed by atoms with van der Waals surface area (Å²) in [5.41, 5.74) is 0.00937. The molecule has 0 spiro atoms. The van der Waals surface area contributed by atoms with Gasteiger partial charge in [0.2, 0.25) is 0 Å². The Labute approximate surface area is 114 Å². The Morgan fingerprint density at radius 2 is 1.75 bits per heavy atom. The van der Waals surface area contributed by atoms with E-state index in [-0.39, 0.29) is 23.5 Å². The van der Waals surface area contributed by atoms with Crippen molar-refractivity contribution < 1.29 is 23.0 Å². The van der Waals surface area contributed by atoms with E-state index in [1.807, 2.05) is 0 Å². The van der Waals surface area contributed by atoms with Gasteiger partial charge in [-0.25, -0.2) is 13.2 Å². The van der Waals surface area contributed by atoms with Crippen molar-refractivity contribution in [3.8, 4) is 5.75 Å². The van der Waals surface area contributed by atoms with Crippen LogP contribution in [0.3, 0.4) is 0 Å².